The van der Waals surface area contributed by atoms with Crippen LogP contribution in [0.15, 0.2) is 84.5 Å². The zero-order valence-corrected chi connectivity index (χ0v) is 22.3. The Labute approximate surface area is 225 Å². The molecule has 9 rings (SSSR count). The summed E-state index contributed by atoms with van der Waals surface area (Å²) in [5.74, 6) is 2.96. The quantitative estimate of drug-likeness (QED) is 0.413. The van der Waals surface area contributed by atoms with Crippen molar-refractivity contribution in [3.05, 3.63) is 95.6 Å². The Balaban J connectivity index is 1.21. The van der Waals surface area contributed by atoms with E-state index in [-0.39, 0.29) is 6.29 Å². The molecule has 0 aromatic heterocycles. The number of benzene rings is 2. The van der Waals surface area contributed by atoms with Gasteiger partial charge in [-0.05, 0) is 90.5 Å². The van der Waals surface area contributed by atoms with E-state index in [9.17, 15) is 4.79 Å². The summed E-state index contributed by atoms with van der Waals surface area (Å²) < 4.78 is 12.1. The molecule has 6 aliphatic carbocycles. The van der Waals surface area contributed by atoms with Crippen molar-refractivity contribution in [3.63, 3.8) is 0 Å². The summed E-state index contributed by atoms with van der Waals surface area (Å²) in [6.07, 6.45) is 10.6. The number of rotatable bonds is 5. The number of ketones is 1. The highest BCUT2D eigenvalue weighted by molar-refractivity contribution is 6.23. The Hall–Kier alpha value is -2.75. The van der Waals surface area contributed by atoms with Crippen LogP contribution in [0.25, 0.3) is 11.1 Å². The fraction of sp³-hybridized carbons (Fsp3) is 0.457. The summed E-state index contributed by atoms with van der Waals surface area (Å²) in [5, 5.41) is 0. The average Bonchev–Trinajstić information content (AvgIpc) is 3.21. The number of fused-ring (bicyclic) bond motifs is 5. The molecule has 4 bridgehead atoms. The van der Waals surface area contributed by atoms with E-state index in [1.807, 2.05) is 0 Å². The normalized spacial score (nSPS) is 42.1. The van der Waals surface area contributed by atoms with Crippen LogP contribution in [0, 0.1) is 46.3 Å². The van der Waals surface area contributed by atoms with Gasteiger partial charge < -0.3 is 9.47 Å². The monoisotopic (exact) mass is 504 g/mol. The molecule has 3 fully saturated rings. The van der Waals surface area contributed by atoms with Crippen LogP contribution in [0.4, 0.5) is 0 Å². The van der Waals surface area contributed by atoms with Gasteiger partial charge in [-0.1, -0.05) is 78.9 Å². The van der Waals surface area contributed by atoms with E-state index >= 15 is 0 Å². The van der Waals surface area contributed by atoms with Gasteiger partial charge in [0.2, 0.25) is 0 Å². The second-order valence-electron chi connectivity index (χ2n) is 12.8. The molecule has 7 aliphatic rings. The minimum Gasteiger partial charge on any atom is -0.353 e. The van der Waals surface area contributed by atoms with Crippen molar-refractivity contribution >= 4 is 16.9 Å². The number of hydrogen-bond acceptors (Lipinski definition) is 3. The number of allylic oxidation sites excluding steroid dienone is 5. The van der Waals surface area contributed by atoms with Gasteiger partial charge in [0.05, 0.1) is 17.4 Å². The Morgan fingerprint density at radius 1 is 0.842 bits per heavy atom. The van der Waals surface area contributed by atoms with Gasteiger partial charge in [-0.3, -0.25) is 4.79 Å². The number of ether oxygens (including phenoxy) is 2. The maximum Gasteiger partial charge on any atom is 0.158 e. The second-order valence-corrected chi connectivity index (χ2v) is 12.8. The smallest absolute Gasteiger partial charge is 0.158 e. The molecule has 1 saturated heterocycles. The third-order valence-corrected chi connectivity index (χ3v) is 11.2. The SMILES string of the molecule is C[C@]12C(=O)[C@@](C)(C(c3ccccc3)=C1c1ccccc1)[C@H]1[C@@H]3[C@@H]([C@@H]4C=C[C@@H]3C(CO[C@@H]3CCCCO3)=C4)[C@H]12. The van der Waals surface area contributed by atoms with Crippen molar-refractivity contribution in [2.45, 2.75) is 39.4 Å². The van der Waals surface area contributed by atoms with Crippen molar-refractivity contribution < 1.29 is 14.3 Å². The van der Waals surface area contributed by atoms with Crippen molar-refractivity contribution in [1.29, 1.82) is 0 Å². The van der Waals surface area contributed by atoms with Gasteiger partial charge in [0, 0.05) is 12.5 Å². The molecular weight excluding hydrogens is 468 g/mol. The molecule has 38 heavy (non-hydrogen) atoms. The molecule has 2 aromatic carbocycles. The largest absolute Gasteiger partial charge is 0.353 e. The molecular formula is C35H36O3. The summed E-state index contributed by atoms with van der Waals surface area (Å²) in [6, 6.07) is 21.5. The molecule has 2 saturated carbocycles. The molecule has 2 aromatic rings. The van der Waals surface area contributed by atoms with Gasteiger partial charge in [-0.2, -0.15) is 0 Å². The predicted octanol–water partition coefficient (Wildman–Crippen LogP) is 6.97. The molecule has 1 heterocycles. The first kappa shape index (κ1) is 23.2. The number of carbonyl (C=O) groups excluding carboxylic acids is 1. The van der Waals surface area contributed by atoms with E-state index in [1.54, 1.807) is 0 Å². The molecule has 3 heteroatoms. The molecule has 0 N–H and O–H groups in total. The molecule has 9 atom stereocenters. The third kappa shape index (κ3) is 2.79. The summed E-state index contributed by atoms with van der Waals surface area (Å²) in [7, 11) is 0. The van der Waals surface area contributed by atoms with Crippen LogP contribution in [-0.2, 0) is 14.3 Å². The van der Waals surface area contributed by atoms with Gasteiger partial charge >= 0.3 is 0 Å². The standard InChI is InChI=1S/C35H36O3/c1-34-29(21-11-5-3-6-12-21)30(22-13-7-4-8-14-22)35(2,33(34)36)32-28-25-17-16-23(27(28)31(32)34)19-24(25)20-38-26-15-9-10-18-37-26/h3-8,11-14,16-17,19,23,25-28,31-32H,9-10,15,18,20H2,1-2H3/t23-,25-,26-,27-,28+,31-,32+,34+,35+/m1/s1. The van der Waals surface area contributed by atoms with Gasteiger partial charge in [-0.25, -0.2) is 0 Å². The van der Waals surface area contributed by atoms with Crippen LogP contribution >= 0.6 is 0 Å². The molecule has 0 spiro atoms. The number of Topliss-reactive ketones (excluding diaryl/α,β-unsaturated/α-hetero) is 1. The zero-order valence-electron chi connectivity index (χ0n) is 22.3. The van der Waals surface area contributed by atoms with Crippen LogP contribution < -0.4 is 0 Å². The first-order chi connectivity index (χ1) is 18.5. The third-order valence-electron chi connectivity index (χ3n) is 11.2. The molecule has 1 aliphatic heterocycles. The van der Waals surface area contributed by atoms with E-state index in [0.29, 0.717) is 47.9 Å². The van der Waals surface area contributed by atoms with Crippen molar-refractivity contribution in [3.8, 4) is 0 Å². The van der Waals surface area contributed by atoms with Crippen LogP contribution in [0.3, 0.4) is 0 Å². The van der Waals surface area contributed by atoms with Crippen LogP contribution in [0.5, 0.6) is 0 Å². The summed E-state index contributed by atoms with van der Waals surface area (Å²) in [6.45, 7) is 6.03. The van der Waals surface area contributed by atoms with Crippen molar-refractivity contribution in [1.82, 2.24) is 0 Å². The highest BCUT2D eigenvalue weighted by Crippen LogP contribution is 2.82. The van der Waals surface area contributed by atoms with E-state index in [2.05, 4.69) is 92.7 Å². The summed E-state index contributed by atoms with van der Waals surface area (Å²) >= 11 is 0. The lowest BCUT2D eigenvalue weighted by molar-refractivity contribution is -0.161. The van der Waals surface area contributed by atoms with Gasteiger partial charge in [0.15, 0.2) is 12.1 Å². The van der Waals surface area contributed by atoms with Crippen LogP contribution in [-0.4, -0.2) is 25.3 Å². The summed E-state index contributed by atoms with van der Waals surface area (Å²) in [4.78, 5) is 14.7. The predicted molar refractivity (Wildman–Crippen MR) is 149 cm³/mol. The van der Waals surface area contributed by atoms with E-state index < -0.39 is 10.8 Å². The minimum absolute atomic E-state index is 0.0689. The highest BCUT2D eigenvalue weighted by atomic mass is 16.7. The van der Waals surface area contributed by atoms with E-state index in [1.165, 1.54) is 34.3 Å². The molecule has 0 amide bonds. The second kappa shape index (κ2) is 8.13. The minimum atomic E-state index is -0.475. The van der Waals surface area contributed by atoms with Gasteiger partial charge in [0.25, 0.3) is 0 Å². The molecule has 0 unspecified atom stereocenters. The molecule has 0 radical (unpaired) electrons. The first-order valence-electron chi connectivity index (χ1n) is 14.6. The Morgan fingerprint density at radius 3 is 2.08 bits per heavy atom. The Kier molecular flexibility index (Phi) is 4.96. The van der Waals surface area contributed by atoms with Crippen LogP contribution in [0.1, 0.15) is 44.2 Å². The molecule has 194 valence electrons. The van der Waals surface area contributed by atoms with E-state index in [4.69, 9.17) is 9.47 Å². The van der Waals surface area contributed by atoms with Crippen molar-refractivity contribution in [2.75, 3.05) is 13.2 Å². The van der Waals surface area contributed by atoms with Gasteiger partial charge in [0.1, 0.15) is 0 Å². The average molecular weight is 505 g/mol. The lowest BCUT2D eigenvalue weighted by atomic mass is 9.37. The van der Waals surface area contributed by atoms with E-state index in [0.717, 1.165) is 19.4 Å². The maximum absolute atomic E-state index is 14.7. The lowest BCUT2D eigenvalue weighted by Crippen LogP contribution is -2.62. The Bertz CT molecular complexity index is 1380. The Morgan fingerprint density at radius 2 is 1.47 bits per heavy atom. The number of carbonyl (C=O) groups is 1. The van der Waals surface area contributed by atoms with Crippen LogP contribution in [0.2, 0.25) is 0 Å². The van der Waals surface area contributed by atoms with Gasteiger partial charge in [-0.15, -0.1) is 0 Å². The van der Waals surface area contributed by atoms with Crippen molar-refractivity contribution in [2.24, 2.45) is 46.3 Å². The topological polar surface area (TPSA) is 35.5 Å². The lowest BCUT2D eigenvalue weighted by Gasteiger charge is -2.65. The zero-order chi connectivity index (χ0) is 25.6. The number of hydrogen-bond donors (Lipinski definition) is 0. The summed E-state index contributed by atoms with van der Waals surface area (Å²) in [5.41, 5.74) is 5.45. The fourth-order valence-corrected chi connectivity index (χ4v) is 9.86. The molecule has 3 nitrogen and oxygen atoms in total. The maximum atomic E-state index is 14.7. The fourth-order valence-electron chi connectivity index (χ4n) is 9.86. The first-order valence-corrected chi connectivity index (χ1v) is 14.6. The highest BCUT2D eigenvalue weighted by Gasteiger charge is 2.81.